The van der Waals surface area contributed by atoms with E-state index >= 15 is 0 Å². The summed E-state index contributed by atoms with van der Waals surface area (Å²) in [6.07, 6.45) is 1.70. The van der Waals surface area contributed by atoms with E-state index in [0.29, 0.717) is 13.1 Å². The first kappa shape index (κ1) is 14.2. The fraction of sp³-hybridized carbons (Fsp3) is 0.312. The number of hydrogen-bond donors (Lipinski definition) is 1. The van der Waals surface area contributed by atoms with E-state index in [0.717, 1.165) is 22.6 Å². The molecular formula is C16H20N2O2. The van der Waals surface area contributed by atoms with E-state index in [9.17, 15) is 4.79 Å². The number of carbonyl (C=O) groups is 1. The number of benzene rings is 1. The monoisotopic (exact) mass is 272 g/mol. The zero-order valence-corrected chi connectivity index (χ0v) is 12.1. The average Bonchev–Trinajstić information content (AvgIpc) is 2.82. The highest BCUT2D eigenvalue weighted by molar-refractivity contribution is 5.72. The zero-order chi connectivity index (χ0) is 14.5. The first-order chi connectivity index (χ1) is 9.56. The Balaban J connectivity index is 1.99. The van der Waals surface area contributed by atoms with Crippen LogP contribution in [0.25, 0.3) is 0 Å². The van der Waals surface area contributed by atoms with Crippen molar-refractivity contribution in [1.82, 2.24) is 4.90 Å². The molecule has 0 radical (unpaired) electrons. The molecule has 0 aliphatic heterocycles. The van der Waals surface area contributed by atoms with Gasteiger partial charge in [-0.05, 0) is 36.2 Å². The number of nitrogens with zero attached hydrogens (tertiary/aromatic N) is 1. The highest BCUT2D eigenvalue weighted by atomic mass is 16.3. The highest BCUT2D eigenvalue weighted by Gasteiger charge is 2.05. The van der Waals surface area contributed by atoms with Crippen molar-refractivity contribution in [3.05, 3.63) is 53.5 Å². The molecule has 0 saturated carbocycles. The van der Waals surface area contributed by atoms with Crippen LogP contribution >= 0.6 is 0 Å². The molecule has 0 atom stereocenters. The van der Waals surface area contributed by atoms with Crippen LogP contribution in [0.5, 0.6) is 0 Å². The second kappa shape index (κ2) is 6.28. The van der Waals surface area contributed by atoms with Gasteiger partial charge in [-0.1, -0.05) is 12.1 Å². The smallest absolute Gasteiger partial charge is 0.219 e. The second-order valence-corrected chi connectivity index (χ2v) is 4.96. The number of amides is 1. The summed E-state index contributed by atoms with van der Waals surface area (Å²) in [6, 6.07) is 10.0. The Morgan fingerprint density at radius 2 is 2.15 bits per heavy atom. The Labute approximate surface area is 119 Å². The van der Waals surface area contributed by atoms with Gasteiger partial charge in [-0.25, -0.2) is 0 Å². The molecule has 0 aliphatic carbocycles. The summed E-state index contributed by atoms with van der Waals surface area (Å²) in [7, 11) is 1.80. The third kappa shape index (κ3) is 3.63. The lowest BCUT2D eigenvalue weighted by Gasteiger charge is -2.15. The molecule has 0 aliphatic rings. The van der Waals surface area contributed by atoms with Crippen LogP contribution < -0.4 is 5.32 Å². The minimum absolute atomic E-state index is 0.0644. The van der Waals surface area contributed by atoms with E-state index in [1.54, 1.807) is 25.1 Å². The lowest BCUT2D eigenvalue weighted by molar-refractivity contribution is -0.128. The van der Waals surface area contributed by atoms with E-state index in [1.807, 2.05) is 31.2 Å². The molecule has 1 amide bonds. The fourth-order valence-electron chi connectivity index (χ4n) is 1.93. The predicted molar refractivity (Wildman–Crippen MR) is 79.4 cm³/mol. The maximum atomic E-state index is 11.2. The molecule has 1 heterocycles. The third-order valence-corrected chi connectivity index (χ3v) is 3.31. The standard InChI is InChI=1S/C16H20N2O2/c1-12-7-8-20-16(12)10-17-15-6-4-5-14(9-15)11-18(3)13(2)19/h4-9,17H,10-11H2,1-3H3. The molecule has 0 saturated heterocycles. The Bertz CT molecular complexity index is 590. The van der Waals surface area contributed by atoms with Crippen molar-refractivity contribution in [3.8, 4) is 0 Å². The van der Waals surface area contributed by atoms with Crippen LogP contribution in [0.4, 0.5) is 5.69 Å². The van der Waals surface area contributed by atoms with Crippen LogP contribution in [-0.4, -0.2) is 17.9 Å². The number of rotatable bonds is 5. The number of hydrogen-bond acceptors (Lipinski definition) is 3. The predicted octanol–water partition coefficient (Wildman–Crippen LogP) is 3.18. The van der Waals surface area contributed by atoms with Crippen molar-refractivity contribution in [2.24, 2.45) is 0 Å². The van der Waals surface area contributed by atoms with Gasteiger partial charge in [-0.15, -0.1) is 0 Å². The molecule has 0 unspecified atom stereocenters. The topological polar surface area (TPSA) is 45.5 Å². The van der Waals surface area contributed by atoms with Crippen molar-refractivity contribution in [2.45, 2.75) is 26.9 Å². The Kier molecular flexibility index (Phi) is 4.45. The molecule has 0 fully saturated rings. The van der Waals surface area contributed by atoms with Gasteiger partial charge in [0.1, 0.15) is 5.76 Å². The largest absolute Gasteiger partial charge is 0.467 e. The molecule has 0 spiro atoms. The van der Waals surface area contributed by atoms with Gasteiger partial charge < -0.3 is 14.6 Å². The Morgan fingerprint density at radius 1 is 1.35 bits per heavy atom. The Hall–Kier alpha value is -2.23. The average molecular weight is 272 g/mol. The number of aryl methyl sites for hydroxylation is 1. The van der Waals surface area contributed by atoms with Crippen LogP contribution in [0.3, 0.4) is 0 Å². The number of carbonyl (C=O) groups excluding carboxylic acids is 1. The summed E-state index contributed by atoms with van der Waals surface area (Å²) < 4.78 is 5.40. The van der Waals surface area contributed by atoms with Crippen LogP contribution in [0.15, 0.2) is 41.0 Å². The van der Waals surface area contributed by atoms with Crippen molar-refractivity contribution in [2.75, 3.05) is 12.4 Å². The molecule has 4 nitrogen and oxygen atoms in total. The first-order valence-corrected chi connectivity index (χ1v) is 6.64. The second-order valence-electron chi connectivity index (χ2n) is 4.96. The van der Waals surface area contributed by atoms with Crippen molar-refractivity contribution in [3.63, 3.8) is 0 Å². The molecule has 2 rings (SSSR count). The van der Waals surface area contributed by atoms with E-state index in [2.05, 4.69) is 11.4 Å². The quantitative estimate of drug-likeness (QED) is 0.909. The van der Waals surface area contributed by atoms with Crippen molar-refractivity contribution in [1.29, 1.82) is 0 Å². The van der Waals surface area contributed by atoms with Gasteiger partial charge in [0.05, 0.1) is 12.8 Å². The number of anilines is 1. The maximum absolute atomic E-state index is 11.2. The summed E-state index contributed by atoms with van der Waals surface area (Å²) in [5.74, 6) is 1.01. The molecule has 4 heteroatoms. The van der Waals surface area contributed by atoms with Crippen LogP contribution in [0.1, 0.15) is 23.8 Å². The summed E-state index contributed by atoms with van der Waals surface area (Å²) >= 11 is 0. The summed E-state index contributed by atoms with van der Waals surface area (Å²) in [6.45, 7) is 4.87. The minimum Gasteiger partial charge on any atom is -0.467 e. The van der Waals surface area contributed by atoms with Gasteiger partial charge >= 0.3 is 0 Å². The van der Waals surface area contributed by atoms with Crippen molar-refractivity contribution >= 4 is 11.6 Å². The maximum Gasteiger partial charge on any atom is 0.219 e. The van der Waals surface area contributed by atoms with E-state index in [-0.39, 0.29) is 5.91 Å². The zero-order valence-electron chi connectivity index (χ0n) is 12.1. The molecule has 0 bridgehead atoms. The SMILES string of the molecule is CC(=O)N(C)Cc1cccc(NCc2occc2C)c1. The molecule has 2 aromatic rings. The van der Waals surface area contributed by atoms with Gasteiger partial charge in [0, 0.05) is 26.2 Å². The third-order valence-electron chi connectivity index (χ3n) is 3.31. The summed E-state index contributed by atoms with van der Waals surface area (Å²) in [5, 5.41) is 3.33. The normalized spacial score (nSPS) is 10.3. The molecule has 20 heavy (non-hydrogen) atoms. The van der Waals surface area contributed by atoms with Gasteiger partial charge in [-0.2, -0.15) is 0 Å². The van der Waals surface area contributed by atoms with E-state index in [1.165, 1.54) is 0 Å². The van der Waals surface area contributed by atoms with E-state index < -0.39 is 0 Å². The molecular weight excluding hydrogens is 252 g/mol. The lowest BCUT2D eigenvalue weighted by atomic mass is 10.2. The van der Waals surface area contributed by atoms with Crippen LogP contribution in [0.2, 0.25) is 0 Å². The van der Waals surface area contributed by atoms with Gasteiger partial charge in [0.15, 0.2) is 0 Å². The molecule has 1 aromatic carbocycles. The van der Waals surface area contributed by atoms with Gasteiger partial charge in [0.2, 0.25) is 5.91 Å². The summed E-state index contributed by atoms with van der Waals surface area (Å²) in [4.78, 5) is 12.9. The summed E-state index contributed by atoms with van der Waals surface area (Å²) in [5.41, 5.74) is 3.27. The molecule has 1 N–H and O–H groups in total. The van der Waals surface area contributed by atoms with Crippen LogP contribution in [-0.2, 0) is 17.9 Å². The first-order valence-electron chi connectivity index (χ1n) is 6.64. The lowest BCUT2D eigenvalue weighted by Crippen LogP contribution is -2.22. The van der Waals surface area contributed by atoms with Crippen LogP contribution in [0, 0.1) is 6.92 Å². The molecule has 106 valence electrons. The van der Waals surface area contributed by atoms with Gasteiger partial charge in [-0.3, -0.25) is 4.79 Å². The Morgan fingerprint density at radius 3 is 2.80 bits per heavy atom. The number of nitrogens with one attached hydrogen (secondary N) is 1. The molecule has 1 aromatic heterocycles. The van der Waals surface area contributed by atoms with Crippen molar-refractivity contribution < 1.29 is 9.21 Å². The fourth-order valence-corrected chi connectivity index (χ4v) is 1.93. The van der Waals surface area contributed by atoms with E-state index in [4.69, 9.17) is 4.42 Å². The van der Waals surface area contributed by atoms with Gasteiger partial charge in [0.25, 0.3) is 0 Å². The number of furan rings is 1. The highest BCUT2D eigenvalue weighted by Crippen LogP contribution is 2.15. The minimum atomic E-state index is 0.0644.